The first-order valence-corrected chi connectivity index (χ1v) is 15.6. The second-order valence-electron chi connectivity index (χ2n) is 9.09. The van der Waals surface area contributed by atoms with Crippen LogP contribution in [0.25, 0.3) is 6.08 Å². The summed E-state index contributed by atoms with van der Waals surface area (Å²) >= 11 is 8.51. The van der Waals surface area contributed by atoms with Crippen molar-refractivity contribution in [3.05, 3.63) is 48.6 Å². The lowest BCUT2D eigenvalue weighted by Gasteiger charge is -2.34. The van der Waals surface area contributed by atoms with E-state index >= 15 is 0 Å². The Balaban J connectivity index is 1.31. The fourth-order valence-electron chi connectivity index (χ4n) is 4.55. The first-order chi connectivity index (χ1) is 17.6. The van der Waals surface area contributed by atoms with Crippen molar-refractivity contribution >= 4 is 68.1 Å². The van der Waals surface area contributed by atoms with Crippen LogP contribution in [0.2, 0.25) is 4.34 Å². The summed E-state index contributed by atoms with van der Waals surface area (Å²) in [6, 6.07) is 4.21. The molecule has 200 valence electrons. The molecule has 2 aromatic rings. The van der Waals surface area contributed by atoms with Crippen LogP contribution in [0.1, 0.15) is 45.8 Å². The van der Waals surface area contributed by atoms with Gasteiger partial charge in [-0.2, -0.15) is 4.72 Å². The number of rotatable bonds is 9. The van der Waals surface area contributed by atoms with E-state index in [1.807, 2.05) is 18.4 Å². The third-order valence-corrected chi connectivity index (χ3v) is 9.75. The van der Waals surface area contributed by atoms with E-state index in [2.05, 4.69) is 10.0 Å². The smallest absolute Gasteiger partial charge is 0.261 e. The van der Waals surface area contributed by atoms with Gasteiger partial charge in [0, 0.05) is 36.0 Å². The molecule has 2 atom stereocenters. The maximum atomic E-state index is 13.1. The van der Waals surface area contributed by atoms with Crippen LogP contribution < -0.4 is 10.0 Å². The summed E-state index contributed by atoms with van der Waals surface area (Å²) < 4.78 is 28.1. The van der Waals surface area contributed by atoms with Crippen molar-refractivity contribution in [1.82, 2.24) is 19.8 Å². The van der Waals surface area contributed by atoms with Gasteiger partial charge < -0.3 is 15.1 Å². The number of hydrogen-bond acceptors (Lipinski definition) is 7. The Labute approximate surface area is 229 Å². The monoisotopic (exact) mass is 584 g/mol. The Kier molecular flexibility index (Phi) is 9.07. The van der Waals surface area contributed by atoms with Crippen LogP contribution in [0.15, 0.2) is 29.0 Å². The molecule has 0 unspecified atom stereocenters. The van der Waals surface area contributed by atoms with Gasteiger partial charge in [-0.25, -0.2) is 8.42 Å². The van der Waals surface area contributed by atoms with Crippen molar-refractivity contribution in [1.29, 1.82) is 0 Å². The minimum absolute atomic E-state index is 0.116. The lowest BCUT2D eigenvalue weighted by molar-refractivity contribution is -0.143. The number of likely N-dealkylation sites (tertiary alicyclic amines) is 2. The molecule has 9 nitrogen and oxygen atoms in total. The third-order valence-electron chi connectivity index (χ3n) is 6.43. The second kappa shape index (κ2) is 12.1. The molecule has 0 saturated carbocycles. The number of hydrogen-bond donors (Lipinski definition) is 2. The van der Waals surface area contributed by atoms with Gasteiger partial charge in [0.25, 0.3) is 5.91 Å². The third kappa shape index (κ3) is 7.20. The standard InChI is InChI=1S/C24H29ClN4O5S3/c1-16-8-12-35-22(16)23(31)26-14-17-4-2-11-29(17)21(30)15-28-10-3-5-19(24(28)32)27-37(33,34)13-9-18-6-7-20(25)36-18/h6-9,12-13,17,19,27H,2-5,10-11,14-15H2,1H3,(H,26,31)/t17-,19+/m1/s1. The lowest BCUT2D eigenvalue weighted by Crippen LogP contribution is -2.55. The fraction of sp³-hybridized carbons (Fsp3) is 0.458. The lowest BCUT2D eigenvalue weighted by atomic mass is 10.1. The SMILES string of the molecule is Cc1ccsc1C(=O)NC[C@H]1CCCN1C(=O)CN1CCC[C@H](NS(=O)(=O)C=Cc2ccc(Cl)s2)C1=O. The molecule has 0 aliphatic carbocycles. The number of nitrogens with one attached hydrogen (secondary N) is 2. The van der Waals surface area contributed by atoms with Gasteiger partial charge in [0.1, 0.15) is 6.04 Å². The summed E-state index contributed by atoms with van der Waals surface area (Å²) in [6.45, 7) is 3.07. The van der Waals surface area contributed by atoms with Gasteiger partial charge in [0.15, 0.2) is 0 Å². The maximum Gasteiger partial charge on any atom is 0.261 e. The van der Waals surface area contributed by atoms with Crippen LogP contribution in [0.4, 0.5) is 0 Å². The number of halogens is 1. The maximum absolute atomic E-state index is 13.1. The van der Waals surface area contributed by atoms with Gasteiger partial charge in [-0.1, -0.05) is 11.6 Å². The van der Waals surface area contributed by atoms with Gasteiger partial charge >= 0.3 is 0 Å². The molecule has 2 saturated heterocycles. The van der Waals surface area contributed by atoms with Gasteiger partial charge in [-0.3, -0.25) is 14.4 Å². The molecule has 2 aromatic heterocycles. The Hall–Kier alpha value is -2.25. The number of nitrogens with zero attached hydrogens (tertiary/aromatic N) is 2. The van der Waals surface area contributed by atoms with Gasteiger partial charge in [-0.15, -0.1) is 22.7 Å². The summed E-state index contributed by atoms with van der Waals surface area (Å²) in [7, 11) is -3.87. The zero-order chi connectivity index (χ0) is 26.6. The zero-order valence-electron chi connectivity index (χ0n) is 20.3. The van der Waals surface area contributed by atoms with Gasteiger partial charge in [0.2, 0.25) is 21.8 Å². The fourth-order valence-corrected chi connectivity index (χ4v) is 7.46. The Bertz CT molecular complexity index is 1290. The molecule has 0 bridgehead atoms. The van der Waals surface area contributed by atoms with Crippen LogP contribution in [0, 0.1) is 6.92 Å². The highest BCUT2D eigenvalue weighted by Gasteiger charge is 2.35. The molecule has 2 fully saturated rings. The topological polar surface area (TPSA) is 116 Å². The van der Waals surface area contributed by atoms with Crippen LogP contribution in [-0.2, 0) is 19.6 Å². The summed E-state index contributed by atoms with van der Waals surface area (Å²) in [5.74, 6) is -0.757. The van der Waals surface area contributed by atoms with E-state index in [-0.39, 0.29) is 24.4 Å². The van der Waals surface area contributed by atoms with E-state index in [9.17, 15) is 22.8 Å². The average Bonchev–Trinajstić information content (AvgIpc) is 3.60. The predicted octanol–water partition coefficient (Wildman–Crippen LogP) is 3.07. The number of carbonyl (C=O) groups excluding carboxylic acids is 3. The highest BCUT2D eigenvalue weighted by atomic mass is 35.5. The van der Waals surface area contributed by atoms with Crippen LogP contribution in [0.5, 0.6) is 0 Å². The molecule has 37 heavy (non-hydrogen) atoms. The number of carbonyl (C=O) groups is 3. The minimum atomic E-state index is -3.87. The number of thiophene rings is 2. The molecule has 2 aliphatic rings. The number of amides is 3. The Morgan fingerprint density at radius 3 is 2.68 bits per heavy atom. The molecule has 0 aromatic carbocycles. The van der Waals surface area contributed by atoms with Gasteiger partial charge in [0.05, 0.1) is 15.8 Å². The first kappa shape index (κ1) is 27.8. The molecule has 13 heteroatoms. The summed E-state index contributed by atoms with van der Waals surface area (Å²) in [5, 5.41) is 5.82. The normalized spacial score (nSPS) is 20.6. The molecule has 4 heterocycles. The molecule has 0 spiro atoms. The number of piperidine rings is 1. The molecule has 4 rings (SSSR count). The minimum Gasteiger partial charge on any atom is -0.349 e. The van der Waals surface area contributed by atoms with Crippen molar-refractivity contribution in [3.63, 3.8) is 0 Å². The van der Waals surface area contributed by atoms with Crippen molar-refractivity contribution in [3.8, 4) is 0 Å². The average molecular weight is 585 g/mol. The summed E-state index contributed by atoms with van der Waals surface area (Å²) in [6.07, 6.45) is 3.97. The predicted molar refractivity (Wildman–Crippen MR) is 146 cm³/mol. The Morgan fingerprint density at radius 2 is 1.97 bits per heavy atom. The van der Waals surface area contributed by atoms with Crippen LogP contribution in [-0.4, -0.2) is 74.2 Å². The molecule has 2 aliphatic heterocycles. The van der Waals surface area contributed by atoms with Crippen molar-refractivity contribution in [2.45, 2.75) is 44.7 Å². The number of aryl methyl sites for hydroxylation is 1. The van der Waals surface area contributed by atoms with Crippen LogP contribution >= 0.6 is 34.3 Å². The van der Waals surface area contributed by atoms with E-state index in [4.69, 9.17) is 11.6 Å². The molecular weight excluding hydrogens is 556 g/mol. The van der Waals surface area contributed by atoms with Crippen LogP contribution in [0.3, 0.4) is 0 Å². The second-order valence-corrected chi connectivity index (χ2v) is 13.3. The quantitative estimate of drug-likeness (QED) is 0.470. The van der Waals surface area contributed by atoms with Crippen molar-refractivity contribution in [2.24, 2.45) is 0 Å². The summed E-state index contributed by atoms with van der Waals surface area (Å²) in [5.41, 5.74) is 0.919. The molecular formula is C24H29ClN4O5S3. The highest BCUT2D eigenvalue weighted by molar-refractivity contribution is 7.92. The largest absolute Gasteiger partial charge is 0.349 e. The van der Waals surface area contributed by atoms with E-state index in [0.717, 1.165) is 23.8 Å². The molecule has 2 N–H and O–H groups in total. The zero-order valence-corrected chi connectivity index (χ0v) is 23.5. The van der Waals surface area contributed by atoms with Gasteiger partial charge in [-0.05, 0) is 67.8 Å². The molecule has 0 radical (unpaired) electrons. The van der Waals surface area contributed by atoms with E-state index in [1.54, 1.807) is 17.0 Å². The van der Waals surface area contributed by atoms with E-state index in [1.165, 1.54) is 33.6 Å². The Morgan fingerprint density at radius 1 is 1.19 bits per heavy atom. The van der Waals surface area contributed by atoms with E-state index < -0.39 is 22.0 Å². The van der Waals surface area contributed by atoms with Crippen molar-refractivity contribution in [2.75, 3.05) is 26.2 Å². The molecule has 3 amide bonds. The highest BCUT2D eigenvalue weighted by Crippen LogP contribution is 2.23. The summed E-state index contributed by atoms with van der Waals surface area (Å²) in [4.78, 5) is 43.1. The first-order valence-electron chi connectivity index (χ1n) is 12.0. The van der Waals surface area contributed by atoms with Crippen molar-refractivity contribution < 1.29 is 22.8 Å². The van der Waals surface area contributed by atoms with E-state index in [0.29, 0.717) is 46.6 Å². The number of sulfonamides is 1.